The molecule has 0 aliphatic carbocycles. The molecule has 29 heavy (non-hydrogen) atoms. The fraction of sp³-hybridized carbons (Fsp3) is 0.409. The summed E-state index contributed by atoms with van der Waals surface area (Å²) >= 11 is 0. The van der Waals surface area contributed by atoms with Gasteiger partial charge in [0, 0.05) is 43.1 Å². The van der Waals surface area contributed by atoms with Crippen molar-refractivity contribution in [1.29, 1.82) is 0 Å². The molecule has 7 heteroatoms. The number of nitrogens with one attached hydrogen (secondary N) is 1. The monoisotopic (exact) mass is 415 g/mol. The number of carbonyl (C=O) groups excluding carboxylic acids is 1. The highest BCUT2D eigenvalue weighted by molar-refractivity contribution is 7.89. The molecule has 0 bridgehead atoms. The van der Waals surface area contributed by atoms with Crippen molar-refractivity contribution in [2.75, 3.05) is 30.4 Å². The minimum absolute atomic E-state index is 0.113. The highest BCUT2D eigenvalue weighted by Gasteiger charge is 2.24. The summed E-state index contributed by atoms with van der Waals surface area (Å²) in [6.07, 6.45) is 3.71. The third-order valence-corrected chi connectivity index (χ3v) is 7.38. The maximum absolute atomic E-state index is 12.7. The molecular weight excluding hydrogens is 386 g/mol. The molecule has 2 aromatic carbocycles. The Morgan fingerprint density at radius 1 is 1.03 bits per heavy atom. The van der Waals surface area contributed by atoms with Gasteiger partial charge in [-0.05, 0) is 75.6 Å². The normalized spacial score (nSPS) is 15.0. The van der Waals surface area contributed by atoms with Crippen LogP contribution in [-0.2, 0) is 10.0 Å². The zero-order chi connectivity index (χ0) is 21.0. The number of rotatable bonds is 6. The van der Waals surface area contributed by atoms with Gasteiger partial charge in [-0.3, -0.25) is 4.79 Å². The Hall–Kier alpha value is -2.38. The minimum atomic E-state index is -3.64. The number of benzene rings is 2. The van der Waals surface area contributed by atoms with E-state index in [9.17, 15) is 13.2 Å². The van der Waals surface area contributed by atoms with Crippen molar-refractivity contribution < 1.29 is 13.2 Å². The molecule has 1 saturated heterocycles. The smallest absolute Gasteiger partial charge is 0.255 e. The summed E-state index contributed by atoms with van der Waals surface area (Å²) in [5.74, 6) is -0.333. The van der Waals surface area contributed by atoms with E-state index < -0.39 is 10.0 Å². The predicted octanol–water partition coefficient (Wildman–Crippen LogP) is 3.96. The van der Waals surface area contributed by atoms with E-state index in [-0.39, 0.29) is 16.8 Å². The lowest BCUT2D eigenvalue weighted by molar-refractivity contribution is 0.102. The quantitative estimate of drug-likeness (QED) is 0.775. The Labute approximate surface area is 173 Å². The van der Waals surface area contributed by atoms with E-state index in [1.165, 1.54) is 42.7 Å². The predicted molar refractivity (Wildman–Crippen MR) is 117 cm³/mol. The molecule has 1 fully saturated rings. The van der Waals surface area contributed by atoms with E-state index in [2.05, 4.69) is 10.2 Å². The van der Waals surface area contributed by atoms with Gasteiger partial charge < -0.3 is 10.2 Å². The van der Waals surface area contributed by atoms with E-state index in [1.807, 2.05) is 38.1 Å². The van der Waals surface area contributed by atoms with Crippen molar-refractivity contribution in [2.45, 2.75) is 44.0 Å². The molecule has 1 aliphatic heterocycles. The first-order chi connectivity index (χ1) is 13.8. The van der Waals surface area contributed by atoms with Gasteiger partial charge in [-0.25, -0.2) is 8.42 Å². The second-order valence-corrected chi connectivity index (χ2v) is 9.69. The van der Waals surface area contributed by atoms with Gasteiger partial charge in [0.15, 0.2) is 0 Å². The second kappa shape index (κ2) is 8.97. The number of carbonyl (C=O) groups is 1. The molecule has 0 atom stereocenters. The Morgan fingerprint density at radius 2 is 1.69 bits per heavy atom. The van der Waals surface area contributed by atoms with Crippen molar-refractivity contribution in [3.05, 3.63) is 54.1 Å². The molecule has 1 amide bonds. The maximum Gasteiger partial charge on any atom is 0.255 e. The van der Waals surface area contributed by atoms with Crippen LogP contribution in [0.2, 0.25) is 0 Å². The van der Waals surface area contributed by atoms with E-state index >= 15 is 0 Å². The lowest BCUT2D eigenvalue weighted by Crippen LogP contribution is -2.33. The number of hydrogen-bond acceptors (Lipinski definition) is 4. The third-order valence-electron chi connectivity index (χ3n) is 5.35. The summed E-state index contributed by atoms with van der Waals surface area (Å²) in [5, 5.41) is 2.85. The van der Waals surface area contributed by atoms with Crippen LogP contribution in [-0.4, -0.2) is 44.8 Å². The third kappa shape index (κ3) is 4.97. The summed E-state index contributed by atoms with van der Waals surface area (Å²) in [6, 6.07) is 13.8. The molecular formula is C22H29N3O3S. The summed E-state index contributed by atoms with van der Waals surface area (Å²) in [4.78, 5) is 15.1. The first-order valence-electron chi connectivity index (χ1n) is 10.0. The molecule has 1 aliphatic rings. The first kappa shape index (κ1) is 21.3. The zero-order valence-electron chi connectivity index (χ0n) is 17.3. The Balaban J connectivity index is 1.72. The van der Waals surface area contributed by atoms with E-state index in [0.29, 0.717) is 11.3 Å². The van der Waals surface area contributed by atoms with Gasteiger partial charge >= 0.3 is 0 Å². The van der Waals surface area contributed by atoms with Gasteiger partial charge in [0.2, 0.25) is 10.0 Å². The second-order valence-electron chi connectivity index (χ2n) is 7.69. The Kier molecular flexibility index (Phi) is 6.59. The molecule has 1 N–H and O–H groups in total. The average Bonchev–Trinajstić information content (AvgIpc) is 2.74. The lowest BCUT2D eigenvalue weighted by Gasteiger charge is -2.28. The first-order valence-corrected chi connectivity index (χ1v) is 11.5. The Bertz CT molecular complexity index is 950. The number of hydrogen-bond donors (Lipinski definition) is 1. The van der Waals surface area contributed by atoms with Crippen molar-refractivity contribution in [2.24, 2.45) is 0 Å². The van der Waals surface area contributed by atoms with Gasteiger partial charge in [0.05, 0.1) is 4.90 Å². The van der Waals surface area contributed by atoms with Crippen LogP contribution >= 0.6 is 0 Å². The van der Waals surface area contributed by atoms with Crippen LogP contribution < -0.4 is 10.2 Å². The van der Waals surface area contributed by atoms with Crippen molar-refractivity contribution in [1.82, 2.24) is 4.31 Å². The lowest BCUT2D eigenvalue weighted by atomic mass is 10.1. The number of amides is 1. The fourth-order valence-corrected chi connectivity index (χ4v) is 4.77. The molecule has 0 spiro atoms. The maximum atomic E-state index is 12.7. The molecule has 0 saturated carbocycles. The number of piperidine rings is 1. The van der Waals surface area contributed by atoms with Crippen LogP contribution in [0.4, 0.5) is 11.4 Å². The van der Waals surface area contributed by atoms with Gasteiger partial charge in [-0.1, -0.05) is 6.07 Å². The van der Waals surface area contributed by atoms with Crippen LogP contribution in [0.3, 0.4) is 0 Å². The minimum Gasteiger partial charge on any atom is -0.372 e. The standard InChI is InChI=1S/C22H29N3O3S/c1-17(2)24(3)29(27,28)21-9-7-8-18(16-21)22(26)23-19-10-12-20(13-11-19)25-14-5-4-6-15-25/h7-13,16-17H,4-6,14-15H2,1-3H3,(H,23,26). The van der Waals surface area contributed by atoms with Crippen LogP contribution in [0.25, 0.3) is 0 Å². The summed E-state index contributed by atoms with van der Waals surface area (Å²) in [7, 11) is -2.10. The number of sulfonamides is 1. The van der Waals surface area contributed by atoms with Gasteiger partial charge in [0.25, 0.3) is 5.91 Å². The van der Waals surface area contributed by atoms with Crippen LogP contribution in [0.5, 0.6) is 0 Å². The van der Waals surface area contributed by atoms with E-state index in [4.69, 9.17) is 0 Å². The SMILES string of the molecule is CC(C)N(C)S(=O)(=O)c1cccc(C(=O)Nc2ccc(N3CCCCC3)cc2)c1. The molecule has 2 aromatic rings. The fourth-order valence-electron chi connectivity index (χ4n) is 3.35. The van der Waals surface area contributed by atoms with E-state index in [1.54, 1.807) is 12.1 Å². The molecule has 0 aromatic heterocycles. The average molecular weight is 416 g/mol. The largest absolute Gasteiger partial charge is 0.372 e. The van der Waals surface area contributed by atoms with Crippen LogP contribution in [0.1, 0.15) is 43.5 Å². The van der Waals surface area contributed by atoms with Crippen LogP contribution in [0.15, 0.2) is 53.4 Å². The molecule has 6 nitrogen and oxygen atoms in total. The summed E-state index contributed by atoms with van der Waals surface area (Å²) in [6.45, 7) is 5.75. The summed E-state index contributed by atoms with van der Waals surface area (Å²) < 4.78 is 26.7. The van der Waals surface area contributed by atoms with Crippen molar-refractivity contribution in [3.8, 4) is 0 Å². The van der Waals surface area contributed by atoms with Gasteiger partial charge in [-0.2, -0.15) is 4.31 Å². The van der Waals surface area contributed by atoms with E-state index in [0.717, 1.165) is 18.8 Å². The highest BCUT2D eigenvalue weighted by atomic mass is 32.2. The zero-order valence-corrected chi connectivity index (χ0v) is 18.1. The van der Waals surface area contributed by atoms with Crippen molar-refractivity contribution >= 4 is 27.3 Å². The molecule has 156 valence electrons. The number of anilines is 2. The van der Waals surface area contributed by atoms with Gasteiger partial charge in [0.1, 0.15) is 0 Å². The molecule has 3 rings (SSSR count). The molecule has 0 radical (unpaired) electrons. The van der Waals surface area contributed by atoms with Crippen molar-refractivity contribution in [3.63, 3.8) is 0 Å². The topological polar surface area (TPSA) is 69.7 Å². The van der Waals surface area contributed by atoms with Gasteiger partial charge in [-0.15, -0.1) is 0 Å². The number of nitrogens with zero attached hydrogens (tertiary/aromatic N) is 2. The van der Waals surface area contributed by atoms with Crippen LogP contribution in [0, 0.1) is 0 Å². The Morgan fingerprint density at radius 3 is 2.31 bits per heavy atom. The summed E-state index contributed by atoms with van der Waals surface area (Å²) in [5.41, 5.74) is 2.15. The molecule has 1 heterocycles. The highest BCUT2D eigenvalue weighted by Crippen LogP contribution is 2.23. The molecule has 0 unspecified atom stereocenters.